The number of rotatable bonds is 6. The van der Waals surface area contributed by atoms with Gasteiger partial charge in [0.05, 0.1) is 27.8 Å². The SMILES string of the molecule is COc1ccc(CC(=O)N[C@H]2CCCC[C@H]2C)c(OC)c1OC. The number of ether oxygens (including phenoxy) is 3. The minimum atomic E-state index is 0.0225. The van der Waals surface area contributed by atoms with Gasteiger partial charge in [-0.25, -0.2) is 0 Å². The Labute approximate surface area is 138 Å². The Morgan fingerprint density at radius 3 is 2.39 bits per heavy atom. The van der Waals surface area contributed by atoms with E-state index in [4.69, 9.17) is 14.2 Å². The fraction of sp³-hybridized carbons (Fsp3) is 0.611. The van der Waals surface area contributed by atoms with Crippen LogP contribution in [0.5, 0.6) is 17.2 Å². The summed E-state index contributed by atoms with van der Waals surface area (Å²) in [6.45, 7) is 2.21. The molecule has 0 aliphatic heterocycles. The lowest BCUT2D eigenvalue weighted by molar-refractivity contribution is -0.121. The molecule has 1 aromatic carbocycles. The summed E-state index contributed by atoms with van der Waals surface area (Å²) in [6, 6.07) is 3.93. The minimum absolute atomic E-state index is 0.0225. The summed E-state index contributed by atoms with van der Waals surface area (Å²) in [4.78, 5) is 12.4. The van der Waals surface area contributed by atoms with Crippen LogP contribution in [0.4, 0.5) is 0 Å². The average molecular weight is 321 g/mol. The van der Waals surface area contributed by atoms with E-state index in [0.717, 1.165) is 12.0 Å². The van der Waals surface area contributed by atoms with E-state index in [0.29, 0.717) is 23.2 Å². The van der Waals surface area contributed by atoms with Crippen molar-refractivity contribution in [3.05, 3.63) is 17.7 Å². The van der Waals surface area contributed by atoms with Crippen LogP contribution in [-0.2, 0) is 11.2 Å². The Morgan fingerprint density at radius 1 is 1.09 bits per heavy atom. The Morgan fingerprint density at radius 2 is 1.78 bits per heavy atom. The fourth-order valence-corrected chi connectivity index (χ4v) is 3.26. The Balaban J connectivity index is 2.11. The van der Waals surface area contributed by atoms with Crippen molar-refractivity contribution in [3.8, 4) is 17.2 Å². The van der Waals surface area contributed by atoms with Crippen LogP contribution in [0.2, 0.25) is 0 Å². The third-order valence-electron chi connectivity index (χ3n) is 4.59. The molecular formula is C18H27NO4. The molecule has 5 nitrogen and oxygen atoms in total. The van der Waals surface area contributed by atoms with Crippen molar-refractivity contribution < 1.29 is 19.0 Å². The van der Waals surface area contributed by atoms with Gasteiger partial charge in [-0.15, -0.1) is 0 Å². The highest BCUT2D eigenvalue weighted by Crippen LogP contribution is 2.39. The van der Waals surface area contributed by atoms with Gasteiger partial charge >= 0.3 is 0 Å². The molecule has 128 valence electrons. The summed E-state index contributed by atoms with van der Waals surface area (Å²) in [6.07, 6.45) is 4.97. The highest BCUT2D eigenvalue weighted by molar-refractivity contribution is 5.80. The summed E-state index contributed by atoms with van der Waals surface area (Å²) < 4.78 is 16.1. The molecule has 0 heterocycles. The molecule has 1 saturated carbocycles. The molecule has 0 bridgehead atoms. The minimum Gasteiger partial charge on any atom is -0.493 e. The predicted molar refractivity (Wildman–Crippen MR) is 89.4 cm³/mol. The van der Waals surface area contributed by atoms with Crippen molar-refractivity contribution in [2.75, 3.05) is 21.3 Å². The molecule has 2 atom stereocenters. The molecule has 0 radical (unpaired) electrons. The van der Waals surface area contributed by atoms with E-state index in [1.54, 1.807) is 27.4 Å². The summed E-state index contributed by atoms with van der Waals surface area (Å²) in [5.41, 5.74) is 0.797. The van der Waals surface area contributed by atoms with Gasteiger partial charge in [0.2, 0.25) is 11.7 Å². The largest absolute Gasteiger partial charge is 0.493 e. The van der Waals surface area contributed by atoms with Gasteiger partial charge in [-0.1, -0.05) is 25.8 Å². The molecule has 0 spiro atoms. The summed E-state index contributed by atoms with van der Waals surface area (Å²) in [5.74, 6) is 2.23. The second-order valence-electron chi connectivity index (χ2n) is 6.11. The third-order valence-corrected chi connectivity index (χ3v) is 4.59. The molecule has 1 aliphatic carbocycles. The number of carbonyl (C=O) groups excluding carboxylic acids is 1. The molecule has 1 fully saturated rings. The quantitative estimate of drug-likeness (QED) is 0.875. The van der Waals surface area contributed by atoms with Crippen LogP contribution in [0, 0.1) is 5.92 Å². The smallest absolute Gasteiger partial charge is 0.224 e. The first-order valence-electron chi connectivity index (χ1n) is 8.17. The fourth-order valence-electron chi connectivity index (χ4n) is 3.26. The maximum atomic E-state index is 12.4. The molecule has 23 heavy (non-hydrogen) atoms. The maximum absolute atomic E-state index is 12.4. The number of nitrogens with one attached hydrogen (secondary N) is 1. The van der Waals surface area contributed by atoms with E-state index >= 15 is 0 Å². The first kappa shape index (κ1) is 17.4. The number of hydrogen-bond donors (Lipinski definition) is 1. The van der Waals surface area contributed by atoms with E-state index in [-0.39, 0.29) is 18.4 Å². The first-order valence-corrected chi connectivity index (χ1v) is 8.17. The second-order valence-corrected chi connectivity index (χ2v) is 6.11. The Kier molecular flexibility index (Phi) is 6.13. The van der Waals surface area contributed by atoms with Crippen LogP contribution in [0.1, 0.15) is 38.2 Å². The van der Waals surface area contributed by atoms with Gasteiger partial charge in [0.25, 0.3) is 0 Å². The molecule has 1 aliphatic rings. The first-order chi connectivity index (χ1) is 11.1. The highest BCUT2D eigenvalue weighted by Gasteiger charge is 2.24. The molecule has 2 rings (SSSR count). The zero-order valence-corrected chi connectivity index (χ0v) is 14.5. The number of hydrogen-bond acceptors (Lipinski definition) is 4. The van der Waals surface area contributed by atoms with Crippen LogP contribution in [-0.4, -0.2) is 33.3 Å². The second kappa shape index (κ2) is 8.09. The van der Waals surface area contributed by atoms with Crippen molar-refractivity contribution in [1.29, 1.82) is 0 Å². The molecule has 0 unspecified atom stereocenters. The number of carbonyl (C=O) groups is 1. The number of amides is 1. The summed E-state index contributed by atoms with van der Waals surface area (Å²) in [7, 11) is 4.71. The van der Waals surface area contributed by atoms with Crippen LogP contribution < -0.4 is 19.5 Å². The molecule has 0 aromatic heterocycles. The monoisotopic (exact) mass is 321 g/mol. The van der Waals surface area contributed by atoms with E-state index in [9.17, 15) is 4.79 Å². The van der Waals surface area contributed by atoms with Gasteiger partial charge in [-0.05, 0) is 24.8 Å². The van der Waals surface area contributed by atoms with Gasteiger partial charge in [-0.3, -0.25) is 4.79 Å². The lowest BCUT2D eigenvalue weighted by atomic mass is 9.86. The standard InChI is InChI=1S/C18H27NO4/c1-12-7-5-6-8-14(12)19-16(20)11-13-9-10-15(21-2)18(23-4)17(13)22-3/h9-10,12,14H,5-8,11H2,1-4H3,(H,19,20)/t12-,14+/m1/s1. The number of methoxy groups -OCH3 is 3. The molecule has 0 saturated heterocycles. The van der Waals surface area contributed by atoms with Gasteiger partial charge in [0, 0.05) is 11.6 Å². The van der Waals surface area contributed by atoms with E-state index in [1.807, 2.05) is 6.07 Å². The van der Waals surface area contributed by atoms with Crippen LogP contribution >= 0.6 is 0 Å². The Bertz CT molecular complexity index is 544. The molecular weight excluding hydrogens is 294 g/mol. The zero-order valence-electron chi connectivity index (χ0n) is 14.5. The molecule has 1 aromatic rings. The lowest BCUT2D eigenvalue weighted by Crippen LogP contribution is -2.41. The molecule has 1 N–H and O–H groups in total. The average Bonchev–Trinajstić information content (AvgIpc) is 2.56. The number of benzene rings is 1. The van der Waals surface area contributed by atoms with Gasteiger partial charge in [0.1, 0.15) is 0 Å². The molecule has 5 heteroatoms. The lowest BCUT2D eigenvalue weighted by Gasteiger charge is -2.29. The van der Waals surface area contributed by atoms with Crippen molar-refractivity contribution in [2.45, 2.75) is 45.1 Å². The van der Waals surface area contributed by atoms with E-state index in [2.05, 4.69) is 12.2 Å². The zero-order chi connectivity index (χ0) is 16.8. The molecule has 1 amide bonds. The maximum Gasteiger partial charge on any atom is 0.224 e. The van der Waals surface area contributed by atoms with Crippen molar-refractivity contribution >= 4 is 5.91 Å². The highest BCUT2D eigenvalue weighted by atomic mass is 16.5. The van der Waals surface area contributed by atoms with Crippen LogP contribution in [0.25, 0.3) is 0 Å². The summed E-state index contributed by atoms with van der Waals surface area (Å²) in [5, 5.41) is 3.17. The summed E-state index contributed by atoms with van der Waals surface area (Å²) >= 11 is 0. The van der Waals surface area contributed by atoms with Crippen molar-refractivity contribution in [3.63, 3.8) is 0 Å². The van der Waals surface area contributed by atoms with Crippen molar-refractivity contribution in [2.24, 2.45) is 5.92 Å². The van der Waals surface area contributed by atoms with E-state index < -0.39 is 0 Å². The third kappa shape index (κ3) is 4.09. The van der Waals surface area contributed by atoms with Gasteiger partial charge in [-0.2, -0.15) is 0 Å². The van der Waals surface area contributed by atoms with Gasteiger partial charge in [0.15, 0.2) is 11.5 Å². The van der Waals surface area contributed by atoms with Gasteiger partial charge < -0.3 is 19.5 Å². The van der Waals surface area contributed by atoms with Crippen molar-refractivity contribution in [1.82, 2.24) is 5.32 Å². The predicted octanol–water partition coefficient (Wildman–Crippen LogP) is 2.95. The Hall–Kier alpha value is -1.91. The van der Waals surface area contributed by atoms with Crippen LogP contribution in [0.15, 0.2) is 12.1 Å². The van der Waals surface area contributed by atoms with E-state index in [1.165, 1.54) is 19.3 Å². The normalized spacial score (nSPS) is 20.7. The topological polar surface area (TPSA) is 56.8 Å². The van der Waals surface area contributed by atoms with Crippen LogP contribution in [0.3, 0.4) is 0 Å².